The van der Waals surface area contributed by atoms with Crippen molar-refractivity contribution in [1.29, 1.82) is 0 Å². The number of carbonyl (C=O) groups excluding carboxylic acids is 1. The molecule has 1 aromatic rings. The fourth-order valence-corrected chi connectivity index (χ4v) is 1.36. The molecule has 1 aromatic heterocycles. The van der Waals surface area contributed by atoms with Crippen LogP contribution in [-0.2, 0) is 4.79 Å². The number of halogens is 1. The van der Waals surface area contributed by atoms with E-state index in [2.05, 4.69) is 10.3 Å². The molecule has 7 heteroatoms. The number of nitrogens with two attached hydrogens (primary N) is 1. The number of carbonyl (C=O) groups is 2. The van der Waals surface area contributed by atoms with Crippen molar-refractivity contribution < 1.29 is 14.7 Å². The monoisotopic (exact) mass is 257 g/mol. The first-order valence-electron chi connectivity index (χ1n) is 4.92. The van der Waals surface area contributed by atoms with Crippen LogP contribution in [0.4, 0.5) is 5.82 Å². The van der Waals surface area contributed by atoms with Gasteiger partial charge >= 0.3 is 5.97 Å². The van der Waals surface area contributed by atoms with Gasteiger partial charge in [0.05, 0.1) is 5.02 Å². The van der Waals surface area contributed by atoms with Crippen LogP contribution in [0.1, 0.15) is 23.3 Å². The van der Waals surface area contributed by atoms with Gasteiger partial charge in [-0.2, -0.15) is 0 Å². The lowest BCUT2D eigenvalue weighted by molar-refractivity contribution is -0.118. The number of rotatable bonds is 6. The Morgan fingerprint density at radius 2 is 2.18 bits per heavy atom. The lowest BCUT2D eigenvalue weighted by Crippen LogP contribution is -2.13. The van der Waals surface area contributed by atoms with Gasteiger partial charge < -0.3 is 16.2 Å². The molecule has 0 radical (unpaired) electrons. The number of aromatic carboxylic acids is 1. The Kier molecular flexibility index (Phi) is 4.71. The minimum atomic E-state index is -1.18. The van der Waals surface area contributed by atoms with Gasteiger partial charge in [-0.25, -0.2) is 9.78 Å². The summed E-state index contributed by atoms with van der Waals surface area (Å²) in [5.41, 5.74) is 4.78. The van der Waals surface area contributed by atoms with Crippen molar-refractivity contribution in [3.05, 3.63) is 22.8 Å². The molecule has 0 saturated heterocycles. The van der Waals surface area contributed by atoms with Gasteiger partial charge in [-0.05, 0) is 18.6 Å². The minimum Gasteiger partial charge on any atom is -0.476 e. The van der Waals surface area contributed by atoms with E-state index >= 15 is 0 Å². The van der Waals surface area contributed by atoms with Crippen LogP contribution in [0, 0.1) is 0 Å². The van der Waals surface area contributed by atoms with Crippen LogP contribution in [0.3, 0.4) is 0 Å². The molecule has 0 aliphatic carbocycles. The van der Waals surface area contributed by atoms with Gasteiger partial charge in [0.1, 0.15) is 5.82 Å². The van der Waals surface area contributed by atoms with E-state index in [-0.39, 0.29) is 23.0 Å². The first-order chi connectivity index (χ1) is 8.00. The number of hydrogen-bond acceptors (Lipinski definition) is 4. The Morgan fingerprint density at radius 3 is 2.76 bits per heavy atom. The zero-order valence-corrected chi connectivity index (χ0v) is 9.70. The number of nitrogens with one attached hydrogen (secondary N) is 1. The van der Waals surface area contributed by atoms with Gasteiger partial charge in [0.2, 0.25) is 5.91 Å². The standard InChI is InChI=1S/C10H12ClN3O3/c11-6-3-4-8(14-9(6)10(16)17)13-5-1-2-7(12)15/h3-4H,1-2,5H2,(H2,12,15)(H,13,14)(H,16,17). The molecule has 0 aliphatic heterocycles. The Hall–Kier alpha value is -1.82. The molecule has 1 amide bonds. The highest BCUT2D eigenvalue weighted by molar-refractivity contribution is 6.33. The summed E-state index contributed by atoms with van der Waals surface area (Å²) in [4.78, 5) is 25.1. The quantitative estimate of drug-likeness (QED) is 0.662. The summed E-state index contributed by atoms with van der Waals surface area (Å²) in [6.07, 6.45) is 0.828. The number of amides is 1. The first kappa shape index (κ1) is 13.2. The third-order valence-corrected chi connectivity index (χ3v) is 2.26. The Bertz CT molecular complexity index is 437. The van der Waals surface area contributed by atoms with E-state index in [1.165, 1.54) is 6.07 Å². The highest BCUT2D eigenvalue weighted by Gasteiger charge is 2.11. The van der Waals surface area contributed by atoms with Crippen molar-refractivity contribution >= 4 is 29.3 Å². The molecule has 0 saturated carbocycles. The van der Waals surface area contributed by atoms with Gasteiger partial charge in [0, 0.05) is 13.0 Å². The van der Waals surface area contributed by atoms with Crippen LogP contribution in [0.25, 0.3) is 0 Å². The second-order valence-electron chi connectivity index (χ2n) is 3.33. The summed E-state index contributed by atoms with van der Waals surface area (Å²) >= 11 is 5.66. The zero-order chi connectivity index (χ0) is 12.8. The van der Waals surface area contributed by atoms with Crippen molar-refractivity contribution in [3.8, 4) is 0 Å². The fourth-order valence-electron chi connectivity index (χ4n) is 1.17. The molecule has 1 heterocycles. The molecular weight excluding hydrogens is 246 g/mol. The molecule has 17 heavy (non-hydrogen) atoms. The van der Waals surface area contributed by atoms with Crippen molar-refractivity contribution in [2.45, 2.75) is 12.8 Å². The molecule has 0 atom stereocenters. The Morgan fingerprint density at radius 1 is 1.47 bits per heavy atom. The van der Waals surface area contributed by atoms with E-state index in [1.54, 1.807) is 6.07 Å². The number of nitrogens with zero attached hydrogens (tertiary/aromatic N) is 1. The SMILES string of the molecule is NC(=O)CCCNc1ccc(Cl)c(C(=O)O)n1. The maximum Gasteiger partial charge on any atom is 0.356 e. The van der Waals surface area contributed by atoms with Crippen LogP contribution in [-0.4, -0.2) is 28.5 Å². The molecule has 6 nitrogen and oxygen atoms in total. The third kappa shape index (κ3) is 4.28. The average Bonchev–Trinajstić information content (AvgIpc) is 2.25. The number of carboxylic acids is 1. The number of primary amides is 1. The summed E-state index contributed by atoms with van der Waals surface area (Å²) in [7, 11) is 0. The van der Waals surface area contributed by atoms with Crippen molar-refractivity contribution in [3.63, 3.8) is 0 Å². The molecular formula is C10H12ClN3O3. The normalized spacial score (nSPS) is 9.94. The molecule has 0 bridgehead atoms. The summed E-state index contributed by atoms with van der Waals surface area (Å²) in [5, 5.41) is 11.8. The van der Waals surface area contributed by atoms with Gasteiger partial charge in [-0.15, -0.1) is 0 Å². The minimum absolute atomic E-state index is 0.0835. The molecule has 0 aliphatic rings. The predicted molar refractivity (Wildman–Crippen MR) is 63.1 cm³/mol. The van der Waals surface area contributed by atoms with Crippen LogP contribution in [0.2, 0.25) is 5.02 Å². The van der Waals surface area contributed by atoms with E-state index in [1.807, 2.05) is 0 Å². The predicted octanol–water partition coefficient (Wildman–Crippen LogP) is 1.11. The molecule has 4 N–H and O–H groups in total. The smallest absolute Gasteiger partial charge is 0.356 e. The molecule has 1 rings (SSSR count). The average molecular weight is 258 g/mol. The van der Waals surface area contributed by atoms with E-state index in [0.717, 1.165) is 0 Å². The fraction of sp³-hybridized carbons (Fsp3) is 0.300. The van der Waals surface area contributed by atoms with E-state index in [4.69, 9.17) is 22.4 Å². The lowest BCUT2D eigenvalue weighted by atomic mass is 10.3. The van der Waals surface area contributed by atoms with Gasteiger partial charge in [0.25, 0.3) is 0 Å². The zero-order valence-electron chi connectivity index (χ0n) is 8.94. The van der Waals surface area contributed by atoms with E-state index < -0.39 is 5.97 Å². The summed E-state index contributed by atoms with van der Waals surface area (Å²) in [6.45, 7) is 0.483. The number of carboxylic acid groups (broad SMARTS) is 1. The van der Waals surface area contributed by atoms with Gasteiger partial charge in [-0.3, -0.25) is 4.79 Å². The topological polar surface area (TPSA) is 105 Å². The van der Waals surface area contributed by atoms with Gasteiger partial charge in [0.15, 0.2) is 5.69 Å². The third-order valence-electron chi connectivity index (χ3n) is 1.95. The molecule has 0 spiro atoms. The molecule has 0 unspecified atom stereocenters. The summed E-state index contributed by atoms with van der Waals surface area (Å²) < 4.78 is 0. The van der Waals surface area contributed by atoms with Crippen molar-refractivity contribution in [2.75, 3.05) is 11.9 Å². The molecule has 0 fully saturated rings. The van der Waals surface area contributed by atoms with Crippen LogP contribution in [0.15, 0.2) is 12.1 Å². The maximum absolute atomic E-state index is 10.8. The Balaban J connectivity index is 2.57. The van der Waals surface area contributed by atoms with Crippen molar-refractivity contribution in [1.82, 2.24) is 4.98 Å². The summed E-state index contributed by atoms with van der Waals surface area (Å²) in [6, 6.07) is 3.02. The van der Waals surface area contributed by atoms with Gasteiger partial charge in [-0.1, -0.05) is 11.6 Å². The molecule has 92 valence electrons. The van der Waals surface area contributed by atoms with E-state index in [0.29, 0.717) is 18.8 Å². The lowest BCUT2D eigenvalue weighted by Gasteiger charge is -2.06. The second kappa shape index (κ2) is 6.05. The second-order valence-corrected chi connectivity index (χ2v) is 3.74. The van der Waals surface area contributed by atoms with Crippen molar-refractivity contribution in [2.24, 2.45) is 5.73 Å². The highest BCUT2D eigenvalue weighted by Crippen LogP contribution is 2.16. The van der Waals surface area contributed by atoms with Crippen LogP contribution in [0.5, 0.6) is 0 Å². The summed E-state index contributed by atoms with van der Waals surface area (Å²) in [5.74, 6) is -1.16. The highest BCUT2D eigenvalue weighted by atomic mass is 35.5. The van der Waals surface area contributed by atoms with E-state index in [9.17, 15) is 9.59 Å². The maximum atomic E-state index is 10.8. The number of aromatic nitrogens is 1. The van der Waals surface area contributed by atoms with Crippen LogP contribution >= 0.6 is 11.6 Å². The largest absolute Gasteiger partial charge is 0.476 e. The number of anilines is 1. The first-order valence-corrected chi connectivity index (χ1v) is 5.30. The molecule has 0 aromatic carbocycles. The van der Waals surface area contributed by atoms with Crippen LogP contribution < -0.4 is 11.1 Å². The number of pyridine rings is 1. The number of hydrogen-bond donors (Lipinski definition) is 3. The Labute approximate surface area is 103 Å².